The van der Waals surface area contributed by atoms with E-state index in [9.17, 15) is 4.79 Å². The molecule has 0 aliphatic heterocycles. The number of imidazole rings is 1. The van der Waals surface area contributed by atoms with Gasteiger partial charge in [0.1, 0.15) is 5.82 Å². The second-order valence-electron chi connectivity index (χ2n) is 3.74. The second-order valence-corrected chi connectivity index (χ2v) is 3.74. The summed E-state index contributed by atoms with van der Waals surface area (Å²) in [5.41, 5.74) is 0.597. The fourth-order valence-electron chi connectivity index (χ4n) is 1.53. The molecule has 2 aromatic rings. The molecule has 0 saturated carbocycles. The van der Waals surface area contributed by atoms with Crippen molar-refractivity contribution in [3.05, 3.63) is 42.6 Å². The summed E-state index contributed by atoms with van der Waals surface area (Å²) < 4.78 is 1.91. The molecule has 0 spiro atoms. The van der Waals surface area contributed by atoms with Crippen LogP contribution in [0.1, 0.15) is 10.4 Å². The van der Waals surface area contributed by atoms with Gasteiger partial charge >= 0.3 is 0 Å². The van der Waals surface area contributed by atoms with Crippen LogP contribution in [0.3, 0.4) is 0 Å². The van der Waals surface area contributed by atoms with Crippen molar-refractivity contribution >= 4 is 11.7 Å². The van der Waals surface area contributed by atoms with Crippen LogP contribution < -0.4 is 10.6 Å². The maximum atomic E-state index is 11.8. The van der Waals surface area contributed by atoms with Crippen LogP contribution in [0.25, 0.3) is 0 Å². The largest absolute Gasteiger partial charge is 0.373 e. The van der Waals surface area contributed by atoms with Crippen molar-refractivity contribution in [3.8, 4) is 0 Å². The molecule has 18 heavy (non-hydrogen) atoms. The third-order valence-corrected chi connectivity index (χ3v) is 2.49. The minimum Gasteiger partial charge on any atom is -0.373 e. The van der Waals surface area contributed by atoms with Crippen molar-refractivity contribution in [2.24, 2.45) is 0 Å². The average molecular weight is 245 g/mol. The zero-order chi connectivity index (χ0) is 12.8. The van der Waals surface area contributed by atoms with Gasteiger partial charge in [-0.05, 0) is 12.1 Å². The van der Waals surface area contributed by atoms with E-state index < -0.39 is 0 Å². The van der Waals surface area contributed by atoms with E-state index in [0.29, 0.717) is 24.5 Å². The number of nitrogens with one attached hydrogen (secondary N) is 2. The topological polar surface area (TPSA) is 71.8 Å². The van der Waals surface area contributed by atoms with Gasteiger partial charge in [-0.15, -0.1) is 0 Å². The molecule has 94 valence electrons. The lowest BCUT2D eigenvalue weighted by Gasteiger charge is -2.06. The zero-order valence-corrected chi connectivity index (χ0v) is 10.1. The fourth-order valence-corrected chi connectivity index (χ4v) is 1.53. The first-order valence-corrected chi connectivity index (χ1v) is 5.67. The van der Waals surface area contributed by atoms with Crippen LogP contribution in [-0.4, -0.2) is 34.0 Å². The van der Waals surface area contributed by atoms with Crippen molar-refractivity contribution in [3.63, 3.8) is 0 Å². The number of rotatable bonds is 5. The Kier molecular flexibility index (Phi) is 3.90. The van der Waals surface area contributed by atoms with Crippen molar-refractivity contribution in [1.82, 2.24) is 19.9 Å². The maximum absolute atomic E-state index is 11.8. The molecule has 0 unspecified atom stereocenters. The van der Waals surface area contributed by atoms with Gasteiger partial charge in [0.15, 0.2) is 0 Å². The number of carbonyl (C=O) groups is 1. The van der Waals surface area contributed by atoms with Crippen LogP contribution in [0.4, 0.5) is 5.82 Å². The minimum atomic E-state index is -0.103. The van der Waals surface area contributed by atoms with Crippen LogP contribution >= 0.6 is 0 Å². The van der Waals surface area contributed by atoms with Crippen LogP contribution in [0.5, 0.6) is 0 Å². The normalized spacial score (nSPS) is 10.1. The highest BCUT2D eigenvalue weighted by atomic mass is 16.1. The summed E-state index contributed by atoms with van der Waals surface area (Å²) in [6.45, 7) is 1.27. The summed E-state index contributed by atoms with van der Waals surface area (Å²) in [5.74, 6) is 0.575. The van der Waals surface area contributed by atoms with Gasteiger partial charge in [0.25, 0.3) is 5.91 Å². The maximum Gasteiger partial charge on any atom is 0.251 e. The Bertz CT molecular complexity index is 509. The lowest BCUT2D eigenvalue weighted by molar-refractivity contribution is 0.0952. The van der Waals surface area contributed by atoms with E-state index in [2.05, 4.69) is 20.6 Å². The number of aromatic nitrogens is 3. The molecule has 0 aliphatic carbocycles. The summed E-state index contributed by atoms with van der Waals surface area (Å²) in [6, 6.07) is 3.40. The highest BCUT2D eigenvalue weighted by Gasteiger charge is 2.05. The Balaban J connectivity index is 1.87. The number of nitrogens with zero attached hydrogens (tertiary/aromatic N) is 3. The number of pyridine rings is 1. The van der Waals surface area contributed by atoms with E-state index >= 15 is 0 Å². The van der Waals surface area contributed by atoms with Crippen LogP contribution in [0.15, 0.2) is 37.1 Å². The summed E-state index contributed by atoms with van der Waals surface area (Å²) in [7, 11) is 1.77. The molecule has 0 bridgehead atoms. The summed E-state index contributed by atoms with van der Waals surface area (Å²) in [4.78, 5) is 19.8. The predicted molar refractivity (Wildman–Crippen MR) is 68.3 cm³/mol. The summed E-state index contributed by atoms with van der Waals surface area (Å²) in [5, 5.41) is 5.74. The van der Waals surface area contributed by atoms with Gasteiger partial charge in [-0.3, -0.25) is 4.79 Å². The molecule has 0 radical (unpaired) electrons. The van der Waals surface area contributed by atoms with Crippen LogP contribution in [-0.2, 0) is 6.54 Å². The standard InChI is InChI=1S/C12H15N5O/c1-13-11-8-10(2-3-15-11)12(18)16-5-7-17-6-4-14-9-17/h2-4,6,8-9H,5,7H2,1H3,(H,13,15)(H,16,18). The highest BCUT2D eigenvalue weighted by molar-refractivity contribution is 5.94. The van der Waals surface area contributed by atoms with Crippen LogP contribution in [0, 0.1) is 0 Å². The zero-order valence-electron chi connectivity index (χ0n) is 10.1. The molecule has 6 nitrogen and oxygen atoms in total. The van der Waals surface area contributed by atoms with Crippen molar-refractivity contribution in [2.75, 3.05) is 18.9 Å². The summed E-state index contributed by atoms with van der Waals surface area (Å²) in [6.07, 6.45) is 6.90. The first-order chi connectivity index (χ1) is 8.79. The molecule has 0 atom stereocenters. The number of carbonyl (C=O) groups excluding carboxylic acids is 1. The van der Waals surface area contributed by atoms with Gasteiger partial charge < -0.3 is 15.2 Å². The van der Waals surface area contributed by atoms with Gasteiger partial charge in [0.05, 0.1) is 6.33 Å². The van der Waals surface area contributed by atoms with E-state index in [1.54, 1.807) is 37.9 Å². The number of anilines is 1. The molecular weight excluding hydrogens is 230 g/mol. The molecule has 2 aromatic heterocycles. The molecule has 1 amide bonds. The molecule has 6 heteroatoms. The van der Waals surface area contributed by atoms with E-state index in [1.165, 1.54) is 0 Å². The highest BCUT2D eigenvalue weighted by Crippen LogP contribution is 2.05. The number of amides is 1. The smallest absolute Gasteiger partial charge is 0.251 e. The Hall–Kier alpha value is -2.37. The SMILES string of the molecule is CNc1cc(C(=O)NCCn2ccnc2)ccn1. The van der Waals surface area contributed by atoms with Gasteiger partial charge in [0, 0.05) is 44.3 Å². The minimum absolute atomic E-state index is 0.103. The monoisotopic (exact) mass is 245 g/mol. The molecule has 2 heterocycles. The Labute approximate surface area is 105 Å². The second kappa shape index (κ2) is 5.81. The molecule has 0 aromatic carbocycles. The number of hydrogen-bond donors (Lipinski definition) is 2. The van der Waals surface area contributed by atoms with Crippen molar-refractivity contribution in [1.29, 1.82) is 0 Å². The lowest BCUT2D eigenvalue weighted by atomic mass is 10.2. The van der Waals surface area contributed by atoms with Gasteiger partial charge in [-0.2, -0.15) is 0 Å². The quantitative estimate of drug-likeness (QED) is 0.815. The average Bonchev–Trinajstić information content (AvgIpc) is 2.92. The van der Waals surface area contributed by atoms with Gasteiger partial charge in [0.2, 0.25) is 0 Å². The lowest BCUT2D eigenvalue weighted by Crippen LogP contribution is -2.27. The van der Waals surface area contributed by atoms with E-state index in [1.807, 2.05) is 10.8 Å². The molecule has 0 aliphatic rings. The van der Waals surface area contributed by atoms with Crippen molar-refractivity contribution in [2.45, 2.75) is 6.54 Å². The predicted octanol–water partition coefficient (Wildman–Crippen LogP) is 0.750. The summed E-state index contributed by atoms with van der Waals surface area (Å²) >= 11 is 0. The molecular formula is C12H15N5O. The van der Waals surface area contributed by atoms with Crippen molar-refractivity contribution < 1.29 is 4.79 Å². The van der Waals surface area contributed by atoms with E-state index in [4.69, 9.17) is 0 Å². The Morgan fingerprint density at radius 3 is 3.06 bits per heavy atom. The molecule has 0 saturated heterocycles. The fraction of sp³-hybridized carbons (Fsp3) is 0.250. The third kappa shape index (κ3) is 3.07. The molecule has 2 N–H and O–H groups in total. The first kappa shape index (κ1) is 12.1. The van der Waals surface area contributed by atoms with E-state index in [-0.39, 0.29) is 5.91 Å². The van der Waals surface area contributed by atoms with Gasteiger partial charge in [-0.1, -0.05) is 0 Å². The Morgan fingerprint density at radius 1 is 1.44 bits per heavy atom. The molecule has 2 rings (SSSR count). The van der Waals surface area contributed by atoms with Crippen LogP contribution in [0.2, 0.25) is 0 Å². The molecule has 0 fully saturated rings. The first-order valence-electron chi connectivity index (χ1n) is 5.67. The number of hydrogen-bond acceptors (Lipinski definition) is 4. The van der Waals surface area contributed by atoms with Gasteiger partial charge in [-0.25, -0.2) is 9.97 Å². The Morgan fingerprint density at radius 2 is 2.33 bits per heavy atom. The third-order valence-electron chi connectivity index (χ3n) is 2.49. The van der Waals surface area contributed by atoms with E-state index in [0.717, 1.165) is 0 Å².